The molecule has 0 aromatic carbocycles. The molecule has 11 aliphatic rings. The smallest absolute Gasteiger partial charge is 0.316 e. The second-order valence-electron chi connectivity index (χ2n) is 35.2. The molecule has 109 heavy (non-hydrogen) atoms. The van der Waals surface area contributed by atoms with Crippen LogP contribution in [0, 0.1) is 46.3 Å². The van der Waals surface area contributed by atoms with Gasteiger partial charge in [0.05, 0.1) is 52.8 Å². The third-order valence-corrected chi connectivity index (χ3v) is 28.7. The Morgan fingerprint density at radius 2 is 1.05 bits per heavy atom. The maximum absolute atomic E-state index is 12.3. The van der Waals surface area contributed by atoms with Crippen molar-refractivity contribution in [3.63, 3.8) is 0 Å². The lowest BCUT2D eigenvalue weighted by molar-refractivity contribution is -0.149. The summed E-state index contributed by atoms with van der Waals surface area (Å²) in [5, 5.41) is 40.4. The summed E-state index contributed by atoms with van der Waals surface area (Å²) in [4.78, 5) is 94.3. The number of rotatable bonds is 32. The zero-order chi connectivity index (χ0) is 77.9. The normalized spacial score (nSPS) is 31.9. The van der Waals surface area contributed by atoms with Crippen molar-refractivity contribution in [1.29, 1.82) is 0 Å². The van der Waals surface area contributed by atoms with Gasteiger partial charge in [-0.05, 0) is 246 Å². The fraction of sp³-hybridized carbons (Fsp3) is 0.767. The van der Waals surface area contributed by atoms with E-state index in [0.717, 1.165) is 127 Å². The minimum absolute atomic E-state index is 0. The van der Waals surface area contributed by atoms with Crippen LogP contribution in [0.4, 0.5) is 9.59 Å². The summed E-state index contributed by atoms with van der Waals surface area (Å²) >= 11 is 3.18. The molecule has 0 aromatic heterocycles. The monoisotopic (exact) mass is 1550 g/mol. The van der Waals surface area contributed by atoms with Crippen LogP contribution in [0.3, 0.4) is 0 Å². The quantitative estimate of drug-likeness (QED) is 0.0221. The standard InChI is InChI=1S/C42H68N4O5S.C30H51NO2.C13H16N4O5S.CH4/c1-28-14-17-32(25-31(28)16-15-30-12-9-21-42(5)34(18-19-35(30)42)29(2)11-8-20-41(3,4)50)51-24-10-23-43-37(47)13-6-7-22-44-38(48)27-33-26-36-39(52-33)46-40(49)45-36;1-22-11-14-26(33-20-8-19-31)21-25(22)13-12-24-10-7-18-30(5)27(15-16-28(24)30)23(2)9-6-17-29(3,4)32;18-8(4-6-3-7-12(23-6)16-13(22)15-7)14-5-11(21)17-9(19)1-2-10(17)20;/h15-16,29,32-36,39,50H,1,6-14,17-27H2,2-5H3,(H,43,47)(H,44,48)(H2,45,46,49);12-13,23,26-28,32H,1,6-11,14-21,31H2,2-5H3;6-7,12H,1-5H2,(H,14,18)(H2,15,16,22);1H4/b30-15+,31-16-;24-12+,25-13-;;/t29-,32+,33-,34?,35?,36-,39+,42-;23-,26+,27?,28?,30-;6-,7-,12+;/m111./s1. The van der Waals surface area contributed by atoms with Gasteiger partial charge >= 0.3 is 12.1 Å². The van der Waals surface area contributed by atoms with Gasteiger partial charge in [0, 0.05) is 68.9 Å². The van der Waals surface area contributed by atoms with Crippen LogP contribution >= 0.6 is 23.5 Å². The van der Waals surface area contributed by atoms with E-state index in [0.29, 0.717) is 79.2 Å². The Morgan fingerprint density at radius 1 is 0.596 bits per heavy atom. The van der Waals surface area contributed by atoms with Crippen molar-refractivity contribution in [1.82, 2.24) is 42.1 Å². The molecule has 612 valence electrons. The van der Waals surface area contributed by atoms with Gasteiger partial charge in [-0.3, -0.25) is 28.8 Å². The first kappa shape index (κ1) is 89.3. The first-order valence-corrected chi connectivity index (χ1v) is 43.4. The van der Waals surface area contributed by atoms with Gasteiger partial charge in [-0.2, -0.15) is 0 Å². The average Bonchev–Trinajstić information content (AvgIpc) is 1.62. The van der Waals surface area contributed by atoms with Crippen molar-refractivity contribution in [3.05, 3.63) is 70.9 Å². The molecular formula is C86H139N9O12S2. The summed E-state index contributed by atoms with van der Waals surface area (Å²) in [7, 11) is 0. The summed E-state index contributed by atoms with van der Waals surface area (Å²) in [6.07, 6.45) is 41.7. The van der Waals surface area contributed by atoms with Crippen molar-refractivity contribution in [3.8, 4) is 0 Å². The summed E-state index contributed by atoms with van der Waals surface area (Å²) in [5.74, 6) is 2.46. The summed E-state index contributed by atoms with van der Waals surface area (Å²) in [5.41, 5.74) is 13.9. The lowest BCUT2D eigenvalue weighted by Crippen LogP contribution is -2.43. The number of amides is 10. The molecule has 10 amide bonds. The highest BCUT2D eigenvalue weighted by Gasteiger charge is 2.52. The SMILES string of the molecule is C.C=C1CC[C@H](OCCCN)C/C1=C/C=C1\CCC[C@@]2(C)C1CCC2[C@H](C)CCCC(C)(C)O.C=C1CC[C@H](OCCCNC(=O)CCCCNC(=O)C[C@H]2C[C@H]3NC(=O)N[C@H]3S2)C/C1=C/C=C1\CCC[C@@]2(C)C1CCC2[C@H](C)CCCC(C)(C)O.O=C(C[C@H]1C[C@H]2NC(=O)N[C@H]2S1)NCC(=O)N1C(=O)CCC1=O. The molecule has 0 radical (unpaired) electrons. The summed E-state index contributed by atoms with van der Waals surface area (Å²) < 4.78 is 12.4. The van der Waals surface area contributed by atoms with Gasteiger partial charge in [0.15, 0.2) is 0 Å². The number of fused-ring (bicyclic) bond motifs is 4. The number of carbonyl (C=O) groups excluding carboxylic acids is 8. The largest absolute Gasteiger partial charge is 0.390 e. The maximum Gasteiger partial charge on any atom is 0.316 e. The zero-order valence-electron chi connectivity index (χ0n) is 66.7. The molecule has 0 aromatic rings. The minimum Gasteiger partial charge on any atom is -0.390 e. The first-order chi connectivity index (χ1) is 51.4. The maximum atomic E-state index is 12.3. The molecule has 11 fully saturated rings. The molecule has 5 aliphatic heterocycles. The van der Waals surface area contributed by atoms with Crippen molar-refractivity contribution >= 4 is 71.0 Å². The van der Waals surface area contributed by atoms with E-state index in [9.17, 15) is 48.6 Å². The fourth-order valence-corrected chi connectivity index (χ4v) is 22.9. The Kier molecular flexibility index (Phi) is 34.1. The molecular weight excluding hydrogens is 1420 g/mol. The minimum atomic E-state index is -0.698. The Labute approximate surface area is 661 Å². The lowest BCUT2D eigenvalue weighted by atomic mass is 9.60. The van der Waals surface area contributed by atoms with Crippen molar-refractivity contribution in [2.45, 2.75) is 331 Å². The number of imide groups is 3. The fourth-order valence-electron chi connectivity index (χ4n) is 19.9. The molecule has 21 nitrogen and oxygen atoms in total. The predicted molar refractivity (Wildman–Crippen MR) is 436 cm³/mol. The van der Waals surface area contributed by atoms with Crippen LogP contribution in [0.1, 0.15) is 275 Å². The van der Waals surface area contributed by atoms with Crippen LogP contribution in [-0.4, -0.2) is 159 Å². The Morgan fingerprint density at radius 3 is 1.50 bits per heavy atom. The molecule has 6 saturated carbocycles. The molecule has 0 bridgehead atoms. The van der Waals surface area contributed by atoms with E-state index in [1.807, 2.05) is 27.7 Å². The summed E-state index contributed by atoms with van der Waals surface area (Å²) in [6, 6.07) is -0.175. The Balaban J connectivity index is 0.000000223. The molecule has 0 spiro atoms. The highest BCUT2D eigenvalue weighted by atomic mass is 32.2. The van der Waals surface area contributed by atoms with Crippen LogP contribution in [0.15, 0.2) is 70.9 Å². The third kappa shape index (κ3) is 26.1. The molecule has 11 rings (SSSR count). The van der Waals surface area contributed by atoms with Crippen molar-refractivity contribution in [2.24, 2.45) is 52.1 Å². The number of urea groups is 2. The highest BCUT2D eigenvalue weighted by molar-refractivity contribution is 8.01. The number of likely N-dealkylation sites (tertiary alicyclic amines) is 1. The van der Waals surface area contributed by atoms with Crippen LogP contribution in [0.2, 0.25) is 0 Å². The number of unbranched alkanes of at least 4 members (excludes halogenated alkanes) is 1. The third-order valence-electron chi connectivity index (χ3n) is 25.7. The number of thioether (sulfide) groups is 2. The van der Waals surface area contributed by atoms with Gasteiger partial charge in [0.25, 0.3) is 5.91 Å². The molecule has 23 heteroatoms. The van der Waals surface area contributed by atoms with Gasteiger partial charge < -0.3 is 62.6 Å². The van der Waals surface area contributed by atoms with E-state index in [1.165, 1.54) is 111 Å². The number of nitrogens with two attached hydrogens (primary N) is 1. The molecule has 16 atom stereocenters. The summed E-state index contributed by atoms with van der Waals surface area (Å²) in [6.45, 7) is 29.5. The topological polar surface area (TPSA) is 309 Å². The number of carbonyl (C=O) groups is 8. The molecule has 5 saturated heterocycles. The van der Waals surface area contributed by atoms with Crippen LogP contribution in [-0.2, 0) is 38.2 Å². The first-order valence-electron chi connectivity index (χ1n) is 41.6. The van der Waals surface area contributed by atoms with E-state index < -0.39 is 28.9 Å². The average molecular weight is 1560 g/mol. The number of nitrogens with zero attached hydrogens (tertiary/aromatic N) is 1. The van der Waals surface area contributed by atoms with E-state index in [4.69, 9.17) is 15.2 Å². The van der Waals surface area contributed by atoms with Crippen LogP contribution in [0.25, 0.3) is 0 Å². The Bertz CT molecular complexity index is 3240. The molecule has 6 aliphatic carbocycles. The van der Waals surface area contributed by atoms with E-state index in [1.54, 1.807) is 22.9 Å². The number of ether oxygens (including phenoxy) is 2. The van der Waals surface area contributed by atoms with E-state index in [2.05, 4.69) is 102 Å². The zero-order valence-corrected chi connectivity index (χ0v) is 68.3. The van der Waals surface area contributed by atoms with E-state index in [-0.39, 0.29) is 102 Å². The molecule has 5 heterocycles. The lowest BCUT2D eigenvalue weighted by Gasteiger charge is -2.44. The number of nitrogens with one attached hydrogen (secondary N) is 7. The van der Waals surface area contributed by atoms with Crippen molar-refractivity contribution < 1.29 is 58.0 Å². The molecule has 4 unspecified atom stereocenters. The number of allylic oxidation sites excluding steroid dienone is 8. The number of hydrogen-bond donors (Lipinski definition) is 10. The van der Waals surface area contributed by atoms with Gasteiger partial charge in [-0.15, -0.1) is 23.5 Å². The van der Waals surface area contributed by atoms with Gasteiger partial charge in [-0.1, -0.05) is 121 Å². The highest BCUT2D eigenvalue weighted by Crippen LogP contribution is 2.61. The number of aliphatic hydroxyl groups is 2. The van der Waals surface area contributed by atoms with Crippen LogP contribution in [0.5, 0.6) is 0 Å². The number of hydrogen-bond acceptors (Lipinski definition) is 15. The predicted octanol–water partition coefficient (Wildman–Crippen LogP) is 13.9. The second-order valence-corrected chi connectivity index (χ2v) is 38.1. The van der Waals surface area contributed by atoms with Gasteiger partial charge in [0.2, 0.25) is 29.5 Å². The van der Waals surface area contributed by atoms with Crippen molar-refractivity contribution in [2.75, 3.05) is 39.4 Å². The van der Waals surface area contributed by atoms with Gasteiger partial charge in [-0.25, -0.2) is 14.5 Å². The molecule has 11 N–H and O–H groups in total. The Hall–Kier alpha value is -5.30. The van der Waals surface area contributed by atoms with Gasteiger partial charge in [0.1, 0.15) is 0 Å². The second kappa shape index (κ2) is 41.6. The van der Waals surface area contributed by atoms with Crippen LogP contribution < -0.4 is 43.0 Å². The van der Waals surface area contributed by atoms with E-state index >= 15 is 0 Å².